The molecule has 31 heavy (non-hydrogen) atoms. The zero-order valence-corrected chi connectivity index (χ0v) is 19.2. The Kier molecular flexibility index (Phi) is 6.45. The van der Waals surface area contributed by atoms with Crippen LogP contribution in [-0.2, 0) is 16.4 Å². The smallest absolute Gasteiger partial charge is 0.247 e. The highest BCUT2D eigenvalue weighted by molar-refractivity contribution is 7.89. The van der Waals surface area contributed by atoms with Gasteiger partial charge in [-0.3, -0.25) is 0 Å². The first-order valence-electron chi connectivity index (χ1n) is 9.96. The van der Waals surface area contributed by atoms with Crippen LogP contribution in [0.15, 0.2) is 58.8 Å². The van der Waals surface area contributed by atoms with Gasteiger partial charge in [0.25, 0.3) is 0 Å². The molecule has 3 aromatic rings. The minimum atomic E-state index is -3.69. The summed E-state index contributed by atoms with van der Waals surface area (Å²) in [6.45, 7) is 1.94. The predicted octanol–water partition coefficient (Wildman–Crippen LogP) is 3.26. The van der Waals surface area contributed by atoms with Gasteiger partial charge in [0.15, 0.2) is 5.13 Å². The van der Waals surface area contributed by atoms with Gasteiger partial charge in [-0.1, -0.05) is 30.3 Å². The van der Waals surface area contributed by atoms with Crippen LogP contribution in [0.5, 0.6) is 11.5 Å². The molecule has 9 heteroatoms. The Hall–Kier alpha value is -2.62. The van der Waals surface area contributed by atoms with E-state index in [0.717, 1.165) is 17.2 Å². The standard InChI is InChI=1S/C22H25N3O4S2/c1-28-19-8-9-20(29-2)21(15-19)31(26,27)25-12-10-24(11-13-25)22-23-18(16-30-22)14-17-6-4-3-5-7-17/h3-9,15-16H,10-14H2,1-2H3. The molecule has 1 aliphatic heterocycles. The number of aromatic nitrogens is 1. The van der Waals surface area contributed by atoms with Gasteiger partial charge in [-0.15, -0.1) is 11.3 Å². The van der Waals surface area contributed by atoms with Gasteiger partial charge >= 0.3 is 0 Å². The zero-order valence-electron chi connectivity index (χ0n) is 17.5. The summed E-state index contributed by atoms with van der Waals surface area (Å²) in [7, 11) is -0.716. The number of hydrogen-bond acceptors (Lipinski definition) is 7. The average molecular weight is 460 g/mol. The molecule has 0 atom stereocenters. The zero-order chi connectivity index (χ0) is 21.8. The molecule has 1 aromatic heterocycles. The number of hydrogen-bond donors (Lipinski definition) is 0. The van der Waals surface area contributed by atoms with Crippen LogP contribution in [0.4, 0.5) is 5.13 Å². The molecule has 0 unspecified atom stereocenters. The number of ether oxygens (including phenoxy) is 2. The van der Waals surface area contributed by atoms with Crippen molar-refractivity contribution in [1.82, 2.24) is 9.29 Å². The maximum absolute atomic E-state index is 13.2. The van der Waals surface area contributed by atoms with Crippen molar-refractivity contribution in [3.05, 3.63) is 65.2 Å². The summed E-state index contributed by atoms with van der Waals surface area (Å²) in [6, 6.07) is 15.1. The molecule has 0 bridgehead atoms. The van der Waals surface area contributed by atoms with Gasteiger partial charge in [-0.2, -0.15) is 4.31 Å². The number of anilines is 1. The van der Waals surface area contributed by atoms with Crippen molar-refractivity contribution in [3.63, 3.8) is 0 Å². The van der Waals surface area contributed by atoms with Crippen molar-refractivity contribution in [3.8, 4) is 11.5 Å². The van der Waals surface area contributed by atoms with Crippen LogP contribution in [0.2, 0.25) is 0 Å². The van der Waals surface area contributed by atoms with E-state index in [4.69, 9.17) is 14.5 Å². The second-order valence-electron chi connectivity index (χ2n) is 7.19. The first kappa shape index (κ1) is 21.6. The third kappa shape index (κ3) is 4.68. The highest BCUT2D eigenvalue weighted by atomic mass is 32.2. The van der Waals surface area contributed by atoms with Gasteiger partial charge in [-0.05, 0) is 17.7 Å². The minimum Gasteiger partial charge on any atom is -0.497 e. The van der Waals surface area contributed by atoms with Crippen molar-refractivity contribution in [2.24, 2.45) is 0 Å². The summed E-state index contributed by atoms with van der Waals surface area (Å²) >= 11 is 1.60. The molecule has 0 amide bonds. The quantitative estimate of drug-likeness (QED) is 0.540. The summed E-state index contributed by atoms with van der Waals surface area (Å²) in [6.07, 6.45) is 0.793. The largest absolute Gasteiger partial charge is 0.497 e. The molecule has 1 fully saturated rings. The molecular weight excluding hydrogens is 434 g/mol. The Morgan fingerprint density at radius 2 is 1.74 bits per heavy atom. The number of methoxy groups -OCH3 is 2. The fourth-order valence-electron chi connectivity index (χ4n) is 3.57. The molecular formula is C22H25N3O4S2. The molecule has 0 spiro atoms. The lowest BCUT2D eigenvalue weighted by atomic mass is 10.1. The molecule has 1 saturated heterocycles. The highest BCUT2D eigenvalue weighted by Gasteiger charge is 2.32. The lowest BCUT2D eigenvalue weighted by Gasteiger charge is -2.34. The molecule has 2 aromatic carbocycles. The van der Waals surface area contributed by atoms with Crippen molar-refractivity contribution in [1.29, 1.82) is 0 Å². The first-order valence-corrected chi connectivity index (χ1v) is 12.3. The molecule has 0 N–H and O–H groups in total. The summed E-state index contributed by atoms with van der Waals surface area (Å²) in [4.78, 5) is 7.04. The maximum atomic E-state index is 13.2. The molecule has 0 saturated carbocycles. The Morgan fingerprint density at radius 1 is 1.00 bits per heavy atom. The fourth-order valence-corrected chi connectivity index (χ4v) is 6.04. The normalized spacial score (nSPS) is 15.1. The van der Waals surface area contributed by atoms with Crippen LogP contribution in [0, 0.1) is 0 Å². The van der Waals surface area contributed by atoms with Crippen molar-refractivity contribution in [2.75, 3.05) is 45.3 Å². The lowest BCUT2D eigenvalue weighted by Crippen LogP contribution is -2.48. The van der Waals surface area contributed by atoms with Gasteiger partial charge < -0.3 is 14.4 Å². The van der Waals surface area contributed by atoms with Crippen LogP contribution in [0.3, 0.4) is 0 Å². The number of nitrogens with zero attached hydrogens (tertiary/aromatic N) is 3. The number of rotatable bonds is 7. The van der Waals surface area contributed by atoms with Crippen molar-refractivity contribution in [2.45, 2.75) is 11.3 Å². The van der Waals surface area contributed by atoms with Gasteiger partial charge in [0.2, 0.25) is 10.0 Å². The molecule has 164 valence electrons. The number of piperazine rings is 1. The number of thiazole rings is 1. The first-order chi connectivity index (χ1) is 15.0. The van der Waals surface area contributed by atoms with E-state index in [1.807, 2.05) is 18.2 Å². The minimum absolute atomic E-state index is 0.127. The van der Waals surface area contributed by atoms with Gasteiger partial charge in [0, 0.05) is 44.0 Å². The Labute approximate surface area is 186 Å². The Morgan fingerprint density at radius 3 is 2.42 bits per heavy atom. The van der Waals surface area contributed by atoms with E-state index in [-0.39, 0.29) is 4.90 Å². The predicted molar refractivity (Wildman–Crippen MR) is 122 cm³/mol. The van der Waals surface area contributed by atoms with Crippen LogP contribution in [-0.4, -0.2) is 58.1 Å². The lowest BCUT2D eigenvalue weighted by molar-refractivity contribution is 0.370. The van der Waals surface area contributed by atoms with Crippen LogP contribution >= 0.6 is 11.3 Å². The van der Waals surface area contributed by atoms with Crippen LogP contribution < -0.4 is 14.4 Å². The number of benzene rings is 2. The number of sulfonamides is 1. The topological polar surface area (TPSA) is 72.0 Å². The van der Waals surface area contributed by atoms with E-state index in [1.54, 1.807) is 23.5 Å². The SMILES string of the molecule is COc1ccc(OC)c(S(=O)(=O)N2CCN(c3nc(Cc4ccccc4)cs3)CC2)c1. The van der Waals surface area contributed by atoms with E-state index < -0.39 is 10.0 Å². The maximum Gasteiger partial charge on any atom is 0.247 e. The van der Waals surface area contributed by atoms with Gasteiger partial charge in [0.1, 0.15) is 16.4 Å². The summed E-state index contributed by atoms with van der Waals surface area (Å²) in [5, 5.41) is 3.01. The van der Waals surface area contributed by atoms with E-state index in [1.165, 1.54) is 30.2 Å². The molecule has 2 heterocycles. The third-order valence-corrected chi connectivity index (χ3v) is 8.14. The van der Waals surface area contributed by atoms with Crippen LogP contribution in [0.1, 0.15) is 11.3 Å². The summed E-state index contributed by atoms with van der Waals surface area (Å²) in [5.41, 5.74) is 2.25. The summed E-state index contributed by atoms with van der Waals surface area (Å²) in [5.74, 6) is 0.792. The molecule has 0 radical (unpaired) electrons. The molecule has 1 aliphatic rings. The van der Waals surface area contributed by atoms with Gasteiger partial charge in [0.05, 0.1) is 19.9 Å². The Balaban J connectivity index is 1.44. The monoisotopic (exact) mass is 459 g/mol. The van der Waals surface area contributed by atoms with Crippen LogP contribution in [0.25, 0.3) is 0 Å². The average Bonchev–Trinajstić information content (AvgIpc) is 3.27. The Bertz CT molecular complexity index is 1120. The van der Waals surface area contributed by atoms with E-state index in [2.05, 4.69) is 22.4 Å². The third-order valence-electron chi connectivity index (χ3n) is 5.27. The summed E-state index contributed by atoms with van der Waals surface area (Å²) < 4.78 is 38.5. The fraction of sp³-hybridized carbons (Fsp3) is 0.318. The second-order valence-corrected chi connectivity index (χ2v) is 9.93. The van der Waals surface area contributed by atoms with E-state index in [0.29, 0.717) is 37.7 Å². The van der Waals surface area contributed by atoms with E-state index in [9.17, 15) is 8.42 Å². The molecule has 4 rings (SSSR count). The second kappa shape index (κ2) is 9.25. The van der Waals surface area contributed by atoms with Crippen molar-refractivity contribution >= 4 is 26.5 Å². The highest BCUT2D eigenvalue weighted by Crippen LogP contribution is 2.32. The molecule has 7 nitrogen and oxygen atoms in total. The van der Waals surface area contributed by atoms with Crippen molar-refractivity contribution < 1.29 is 17.9 Å². The van der Waals surface area contributed by atoms with E-state index >= 15 is 0 Å². The van der Waals surface area contributed by atoms with Gasteiger partial charge in [-0.25, -0.2) is 13.4 Å². The molecule has 0 aliphatic carbocycles.